The molecule has 0 bridgehead atoms. The number of carboxylic acid groups (broad SMARTS) is 1. The van der Waals surface area contributed by atoms with Crippen molar-refractivity contribution in [3.05, 3.63) is 29.3 Å². The lowest BCUT2D eigenvalue weighted by Gasteiger charge is -2.08. The van der Waals surface area contributed by atoms with Crippen LogP contribution in [0.15, 0.2) is 23.1 Å². The number of sulfonamides is 1. The summed E-state index contributed by atoms with van der Waals surface area (Å²) in [7, 11) is -2.67. The predicted octanol–water partition coefficient (Wildman–Crippen LogP) is 0.533. The van der Waals surface area contributed by atoms with Gasteiger partial charge in [-0.1, -0.05) is 11.0 Å². The van der Waals surface area contributed by atoms with Crippen LogP contribution in [-0.4, -0.2) is 26.6 Å². The average Bonchev–Trinajstić information content (AvgIpc) is 2.17. The van der Waals surface area contributed by atoms with Crippen molar-refractivity contribution in [2.45, 2.75) is 11.8 Å². The van der Waals surface area contributed by atoms with Crippen LogP contribution in [0.25, 0.3) is 0 Å². The summed E-state index contributed by atoms with van der Waals surface area (Å²) in [4.78, 5) is 16.7. The summed E-state index contributed by atoms with van der Waals surface area (Å²) in [5.41, 5.74) is 0.344. The first-order valence-electron chi connectivity index (χ1n) is 4.27. The third-order valence-electron chi connectivity index (χ3n) is 1.92. The van der Waals surface area contributed by atoms with E-state index in [0.717, 1.165) is 13.2 Å². The molecule has 0 saturated heterocycles. The minimum absolute atomic E-state index is 0.0953. The average molecular weight is 245 g/mol. The molecule has 0 atom stereocenters. The van der Waals surface area contributed by atoms with Crippen molar-refractivity contribution >= 4 is 16.0 Å². The molecule has 0 heterocycles. The van der Waals surface area contributed by atoms with Gasteiger partial charge < -0.3 is 5.11 Å². The highest BCUT2D eigenvalue weighted by molar-refractivity contribution is 7.89. The molecular weight excluding hydrogens is 234 g/mol. The fraction of sp³-hybridized carbons (Fsp3) is 0.222. The molecule has 1 aromatic rings. The fourth-order valence-electron chi connectivity index (χ4n) is 1.18. The number of aryl methyl sites for hydroxylation is 1. The molecule has 1 aromatic carbocycles. The van der Waals surface area contributed by atoms with Crippen LogP contribution in [0.3, 0.4) is 0 Å². The van der Waals surface area contributed by atoms with Crippen molar-refractivity contribution in [3.8, 4) is 0 Å². The van der Waals surface area contributed by atoms with Crippen LogP contribution in [0, 0.1) is 6.92 Å². The van der Waals surface area contributed by atoms with Crippen LogP contribution in [-0.2, 0) is 14.9 Å². The fourth-order valence-corrected chi connectivity index (χ4v) is 2.26. The highest BCUT2D eigenvalue weighted by Gasteiger charge is 2.18. The van der Waals surface area contributed by atoms with Crippen LogP contribution in [0.1, 0.15) is 15.9 Å². The van der Waals surface area contributed by atoms with Crippen molar-refractivity contribution in [2.75, 3.05) is 7.11 Å². The number of carboxylic acids is 1. The van der Waals surface area contributed by atoms with E-state index in [1.807, 2.05) is 4.89 Å². The molecule has 0 unspecified atom stereocenters. The summed E-state index contributed by atoms with van der Waals surface area (Å²) in [5, 5.41) is 8.75. The minimum Gasteiger partial charge on any atom is -0.478 e. The molecule has 0 aliphatic rings. The molecule has 1 rings (SSSR count). The number of carbonyl (C=O) groups is 1. The zero-order valence-electron chi connectivity index (χ0n) is 8.72. The van der Waals surface area contributed by atoms with E-state index in [-0.39, 0.29) is 10.5 Å². The van der Waals surface area contributed by atoms with Gasteiger partial charge >= 0.3 is 5.97 Å². The molecule has 0 amide bonds. The number of aromatic carboxylic acids is 1. The van der Waals surface area contributed by atoms with Crippen LogP contribution in [0.2, 0.25) is 0 Å². The van der Waals surface area contributed by atoms with E-state index in [9.17, 15) is 13.2 Å². The van der Waals surface area contributed by atoms with Crippen LogP contribution in [0.4, 0.5) is 0 Å². The van der Waals surface area contributed by atoms with Gasteiger partial charge in [-0.25, -0.2) is 13.2 Å². The zero-order valence-corrected chi connectivity index (χ0v) is 9.54. The summed E-state index contributed by atoms with van der Waals surface area (Å²) in [6, 6.07) is 3.84. The Bertz CT molecular complexity index is 509. The van der Waals surface area contributed by atoms with E-state index < -0.39 is 16.0 Å². The third kappa shape index (κ3) is 2.57. The Morgan fingerprint density at radius 3 is 2.56 bits per heavy atom. The lowest BCUT2D eigenvalue weighted by Crippen LogP contribution is -2.23. The van der Waals surface area contributed by atoms with Crippen molar-refractivity contribution in [2.24, 2.45) is 0 Å². The zero-order chi connectivity index (χ0) is 12.3. The summed E-state index contributed by atoms with van der Waals surface area (Å²) in [6.07, 6.45) is 0. The molecule has 0 radical (unpaired) electrons. The van der Waals surface area contributed by atoms with Crippen LogP contribution in [0.5, 0.6) is 0 Å². The summed E-state index contributed by atoms with van der Waals surface area (Å²) >= 11 is 0. The molecule has 7 heteroatoms. The smallest absolute Gasteiger partial charge is 0.335 e. The highest BCUT2D eigenvalue weighted by Crippen LogP contribution is 2.16. The topological polar surface area (TPSA) is 92.7 Å². The SMILES string of the molecule is CONS(=O)(=O)c1cc(C(=O)O)ccc1C. The van der Waals surface area contributed by atoms with E-state index >= 15 is 0 Å². The lowest BCUT2D eigenvalue weighted by molar-refractivity contribution is 0.0696. The second-order valence-corrected chi connectivity index (χ2v) is 4.69. The number of hydrogen-bond acceptors (Lipinski definition) is 4. The van der Waals surface area contributed by atoms with Gasteiger partial charge in [0.05, 0.1) is 17.6 Å². The van der Waals surface area contributed by atoms with Crippen molar-refractivity contribution in [3.63, 3.8) is 0 Å². The van der Waals surface area contributed by atoms with Crippen molar-refractivity contribution in [1.82, 2.24) is 4.89 Å². The maximum Gasteiger partial charge on any atom is 0.335 e. The van der Waals surface area contributed by atoms with E-state index in [1.54, 1.807) is 6.92 Å². The van der Waals surface area contributed by atoms with Gasteiger partial charge in [0.1, 0.15) is 0 Å². The normalized spacial score (nSPS) is 11.4. The number of nitrogens with one attached hydrogen (secondary N) is 1. The molecule has 16 heavy (non-hydrogen) atoms. The van der Waals surface area contributed by atoms with Gasteiger partial charge in [0.25, 0.3) is 10.0 Å². The molecule has 0 aliphatic carbocycles. The number of rotatable bonds is 4. The number of benzene rings is 1. The predicted molar refractivity (Wildman–Crippen MR) is 55.5 cm³/mol. The molecule has 2 N–H and O–H groups in total. The maximum atomic E-state index is 11.6. The van der Waals surface area contributed by atoms with Gasteiger partial charge in [-0.3, -0.25) is 4.84 Å². The Morgan fingerprint density at radius 1 is 1.44 bits per heavy atom. The molecule has 0 fully saturated rings. The van der Waals surface area contributed by atoms with Gasteiger partial charge in [0.15, 0.2) is 0 Å². The van der Waals surface area contributed by atoms with E-state index in [0.29, 0.717) is 5.56 Å². The molecule has 0 spiro atoms. The van der Waals surface area contributed by atoms with Gasteiger partial charge in [-0.05, 0) is 24.6 Å². The molecule has 0 saturated carbocycles. The van der Waals surface area contributed by atoms with Crippen LogP contribution >= 0.6 is 0 Å². The van der Waals surface area contributed by atoms with E-state index in [2.05, 4.69) is 4.84 Å². The summed E-state index contributed by atoms with van der Waals surface area (Å²) in [5.74, 6) is -1.19. The lowest BCUT2D eigenvalue weighted by atomic mass is 10.1. The second-order valence-electron chi connectivity index (χ2n) is 3.08. The van der Waals surface area contributed by atoms with Crippen molar-refractivity contribution < 1.29 is 23.2 Å². The number of hydrogen-bond donors (Lipinski definition) is 2. The summed E-state index contributed by atoms with van der Waals surface area (Å²) in [6.45, 7) is 1.57. The Hall–Kier alpha value is -1.44. The standard InChI is InChI=1S/C9H11NO5S/c1-6-3-4-7(9(11)12)5-8(6)16(13,14)10-15-2/h3-5,10H,1-2H3,(H,11,12). The molecule has 0 aromatic heterocycles. The first-order valence-corrected chi connectivity index (χ1v) is 5.75. The monoisotopic (exact) mass is 245 g/mol. The van der Waals surface area contributed by atoms with Gasteiger partial charge in [0, 0.05) is 0 Å². The third-order valence-corrected chi connectivity index (χ3v) is 3.32. The van der Waals surface area contributed by atoms with Crippen molar-refractivity contribution in [1.29, 1.82) is 0 Å². The molecule has 0 aliphatic heterocycles. The van der Waals surface area contributed by atoms with Gasteiger partial charge in [-0.2, -0.15) is 0 Å². The minimum atomic E-state index is -3.83. The first kappa shape index (κ1) is 12.6. The van der Waals surface area contributed by atoms with E-state index in [1.165, 1.54) is 12.1 Å². The van der Waals surface area contributed by atoms with Gasteiger partial charge in [-0.15, -0.1) is 0 Å². The second kappa shape index (κ2) is 4.60. The Labute approximate surface area is 92.9 Å². The van der Waals surface area contributed by atoms with Crippen LogP contribution < -0.4 is 4.89 Å². The Balaban J connectivity index is 3.33. The van der Waals surface area contributed by atoms with Gasteiger partial charge in [0.2, 0.25) is 0 Å². The summed E-state index contributed by atoms with van der Waals surface area (Å²) < 4.78 is 23.2. The Morgan fingerprint density at radius 2 is 2.06 bits per heavy atom. The largest absolute Gasteiger partial charge is 0.478 e. The Kier molecular flexibility index (Phi) is 3.63. The highest BCUT2D eigenvalue weighted by atomic mass is 32.2. The molecular formula is C9H11NO5S. The molecule has 88 valence electrons. The van der Waals surface area contributed by atoms with E-state index in [4.69, 9.17) is 5.11 Å². The quantitative estimate of drug-likeness (QED) is 0.755. The molecule has 6 nitrogen and oxygen atoms in total. The first-order chi connectivity index (χ1) is 7.38. The maximum absolute atomic E-state index is 11.6.